The third-order valence-corrected chi connectivity index (χ3v) is 5.76. The number of rotatable bonds is 3. The van der Waals surface area contributed by atoms with Crippen molar-refractivity contribution in [3.8, 4) is 0 Å². The van der Waals surface area contributed by atoms with Crippen LogP contribution in [0.15, 0.2) is 30.6 Å². The molecule has 0 aliphatic carbocycles. The maximum atomic E-state index is 14.4. The molecule has 0 spiro atoms. The number of anilines is 2. The summed E-state index contributed by atoms with van der Waals surface area (Å²) in [7, 11) is 1.76. The van der Waals surface area contributed by atoms with Gasteiger partial charge in [-0.2, -0.15) is 0 Å². The van der Waals surface area contributed by atoms with Gasteiger partial charge in [-0.25, -0.2) is 14.1 Å². The predicted molar refractivity (Wildman–Crippen MR) is 121 cm³/mol. The van der Waals surface area contributed by atoms with Crippen molar-refractivity contribution in [2.45, 2.75) is 32.9 Å². The molecule has 0 bridgehead atoms. The second-order valence-corrected chi connectivity index (χ2v) is 8.56. The van der Waals surface area contributed by atoms with Crippen molar-refractivity contribution in [1.82, 2.24) is 29.7 Å². The van der Waals surface area contributed by atoms with Crippen molar-refractivity contribution >= 4 is 34.0 Å². The lowest BCUT2D eigenvalue weighted by molar-refractivity contribution is 0.102. The maximum Gasteiger partial charge on any atom is 0.257 e. The first-order valence-corrected chi connectivity index (χ1v) is 10.6. The Balaban J connectivity index is 1.51. The zero-order valence-electron chi connectivity index (χ0n) is 18.4. The molecule has 5 rings (SSSR count). The second kappa shape index (κ2) is 7.56. The Bertz CT molecular complexity index is 1330. The van der Waals surface area contributed by atoms with E-state index in [1.165, 1.54) is 6.07 Å². The average molecular weight is 436 g/mol. The van der Waals surface area contributed by atoms with Crippen LogP contribution >= 0.6 is 0 Å². The predicted octanol–water partition coefficient (Wildman–Crippen LogP) is 2.50. The van der Waals surface area contributed by atoms with Crippen molar-refractivity contribution < 1.29 is 9.18 Å². The molecule has 1 aliphatic rings. The Hall–Kier alpha value is -3.53. The number of hydrogen-bond acceptors (Lipinski definition) is 6. The monoisotopic (exact) mass is 436 g/mol. The summed E-state index contributed by atoms with van der Waals surface area (Å²) in [5, 5.41) is 14.8. The van der Waals surface area contributed by atoms with Gasteiger partial charge in [0, 0.05) is 50.7 Å². The van der Waals surface area contributed by atoms with Crippen LogP contribution in [0.2, 0.25) is 0 Å². The Morgan fingerprint density at radius 2 is 1.97 bits per heavy atom. The minimum Gasteiger partial charge on any atom is -0.367 e. The highest BCUT2D eigenvalue weighted by Crippen LogP contribution is 2.29. The van der Waals surface area contributed by atoms with E-state index in [0.717, 1.165) is 18.8 Å². The van der Waals surface area contributed by atoms with Gasteiger partial charge in [0.2, 0.25) is 0 Å². The molecule has 3 aromatic heterocycles. The Labute approximate surface area is 184 Å². The maximum absolute atomic E-state index is 14.4. The summed E-state index contributed by atoms with van der Waals surface area (Å²) in [6, 6.07) is 5.65. The SMILES string of the molecule is Cc1cn2cc(NC(=O)c3ccc(N4C[C@@H](C)N[C@@H](C)C4)c4nnn(C)c34)cc(F)c2n1. The molecule has 4 aromatic rings. The van der Waals surface area contributed by atoms with Gasteiger partial charge in [-0.15, -0.1) is 5.10 Å². The van der Waals surface area contributed by atoms with Gasteiger partial charge < -0.3 is 19.9 Å². The third-order valence-electron chi connectivity index (χ3n) is 5.76. The van der Waals surface area contributed by atoms with E-state index >= 15 is 0 Å². The zero-order valence-corrected chi connectivity index (χ0v) is 18.4. The number of imidazole rings is 1. The van der Waals surface area contributed by atoms with Crippen molar-refractivity contribution in [2.24, 2.45) is 7.05 Å². The first-order valence-electron chi connectivity index (χ1n) is 10.6. The summed E-state index contributed by atoms with van der Waals surface area (Å²) in [5.74, 6) is -0.856. The molecule has 1 amide bonds. The largest absolute Gasteiger partial charge is 0.367 e. The number of carbonyl (C=O) groups is 1. The first-order chi connectivity index (χ1) is 15.3. The number of aromatic nitrogens is 5. The molecule has 166 valence electrons. The second-order valence-electron chi connectivity index (χ2n) is 8.56. The Kier molecular flexibility index (Phi) is 4.81. The summed E-state index contributed by atoms with van der Waals surface area (Å²) in [6.07, 6.45) is 3.36. The molecule has 10 heteroatoms. The molecule has 9 nitrogen and oxygen atoms in total. The number of halogens is 1. The molecule has 2 atom stereocenters. The van der Waals surface area contributed by atoms with Crippen LogP contribution in [0.4, 0.5) is 15.8 Å². The third kappa shape index (κ3) is 3.46. The minimum atomic E-state index is -0.499. The van der Waals surface area contributed by atoms with Crippen molar-refractivity contribution in [1.29, 1.82) is 0 Å². The minimum absolute atomic E-state index is 0.225. The molecule has 1 saturated heterocycles. The number of nitrogens with zero attached hydrogens (tertiary/aromatic N) is 6. The van der Waals surface area contributed by atoms with Crippen molar-refractivity contribution in [3.05, 3.63) is 47.7 Å². The molecule has 0 unspecified atom stereocenters. The highest BCUT2D eigenvalue weighted by Gasteiger charge is 2.26. The summed E-state index contributed by atoms with van der Waals surface area (Å²) >= 11 is 0. The van der Waals surface area contributed by atoms with Gasteiger partial charge in [0.25, 0.3) is 5.91 Å². The van der Waals surface area contributed by atoms with E-state index in [2.05, 4.69) is 44.7 Å². The fraction of sp³-hybridized carbons (Fsp3) is 0.364. The molecule has 4 heterocycles. The van der Waals surface area contributed by atoms with Crippen LogP contribution in [0.5, 0.6) is 0 Å². The van der Waals surface area contributed by atoms with Gasteiger partial charge in [-0.05, 0) is 32.9 Å². The quantitative estimate of drug-likeness (QED) is 0.513. The number of piperazine rings is 1. The topological polar surface area (TPSA) is 92.4 Å². The van der Waals surface area contributed by atoms with Gasteiger partial charge >= 0.3 is 0 Å². The van der Waals surface area contributed by atoms with Gasteiger partial charge in [0.1, 0.15) is 11.0 Å². The highest BCUT2D eigenvalue weighted by molar-refractivity contribution is 6.13. The number of hydrogen-bond donors (Lipinski definition) is 2. The van der Waals surface area contributed by atoms with Crippen molar-refractivity contribution in [2.75, 3.05) is 23.3 Å². The number of benzene rings is 1. The first kappa shape index (κ1) is 20.4. The average Bonchev–Trinajstić information content (AvgIpc) is 3.29. The molecular formula is C22H25FN8O. The fourth-order valence-corrected chi connectivity index (χ4v) is 4.56. The fourth-order valence-electron chi connectivity index (χ4n) is 4.56. The molecule has 1 fully saturated rings. The molecule has 2 N–H and O–H groups in total. The normalized spacial score (nSPS) is 19.1. The summed E-state index contributed by atoms with van der Waals surface area (Å²) in [4.78, 5) is 19.6. The van der Waals surface area contributed by atoms with Gasteiger partial charge in [0.05, 0.1) is 22.6 Å². The van der Waals surface area contributed by atoms with E-state index in [-0.39, 0.29) is 11.6 Å². The standard InChI is InChI=1S/C22H25FN8O/c1-12-8-30(9-13(2)24-12)18-6-5-16(20-19(18)27-28-29(20)4)22(32)26-15-7-17(23)21-25-14(3)10-31(21)11-15/h5-7,10-13,24H,8-9H2,1-4H3,(H,26,32)/t12-,13+. The van der Waals surface area contributed by atoms with Crippen LogP contribution in [0.25, 0.3) is 16.7 Å². The molecule has 0 radical (unpaired) electrons. The van der Waals surface area contributed by atoms with Crippen LogP contribution < -0.4 is 15.5 Å². The Morgan fingerprint density at radius 1 is 1.22 bits per heavy atom. The smallest absolute Gasteiger partial charge is 0.257 e. The van der Waals surface area contributed by atoms with Crippen LogP contribution in [0.1, 0.15) is 29.9 Å². The van der Waals surface area contributed by atoms with Crippen molar-refractivity contribution in [3.63, 3.8) is 0 Å². The lowest BCUT2D eigenvalue weighted by Gasteiger charge is -2.37. The van der Waals surface area contributed by atoms with Gasteiger partial charge in [-0.1, -0.05) is 5.21 Å². The molecule has 0 saturated carbocycles. The number of carbonyl (C=O) groups excluding carboxylic acids is 1. The molecule has 32 heavy (non-hydrogen) atoms. The number of aryl methyl sites for hydroxylation is 2. The van der Waals surface area contributed by atoms with Crippen LogP contribution in [0, 0.1) is 12.7 Å². The molecule has 1 aromatic carbocycles. The number of amides is 1. The summed E-state index contributed by atoms with van der Waals surface area (Å²) in [5.41, 5.74) is 3.95. The number of pyridine rings is 1. The number of nitrogens with one attached hydrogen (secondary N) is 2. The van der Waals surface area contributed by atoms with Crippen LogP contribution in [-0.4, -0.2) is 55.5 Å². The zero-order chi connectivity index (χ0) is 22.6. The lowest BCUT2D eigenvalue weighted by atomic mass is 10.1. The van der Waals surface area contributed by atoms with Gasteiger partial charge in [-0.3, -0.25) is 4.79 Å². The van der Waals surface area contributed by atoms with E-state index < -0.39 is 5.82 Å². The summed E-state index contributed by atoms with van der Waals surface area (Å²) in [6.45, 7) is 7.76. The van der Waals surface area contributed by atoms with E-state index in [0.29, 0.717) is 40.1 Å². The van der Waals surface area contributed by atoms with E-state index in [4.69, 9.17) is 0 Å². The van der Waals surface area contributed by atoms with E-state index in [1.54, 1.807) is 41.5 Å². The van der Waals surface area contributed by atoms with E-state index in [1.807, 2.05) is 6.07 Å². The van der Waals surface area contributed by atoms with E-state index in [9.17, 15) is 9.18 Å². The van der Waals surface area contributed by atoms with Crippen LogP contribution in [-0.2, 0) is 7.05 Å². The molecular weight excluding hydrogens is 411 g/mol. The summed E-state index contributed by atoms with van der Waals surface area (Å²) < 4.78 is 17.6. The number of fused-ring (bicyclic) bond motifs is 2. The highest BCUT2D eigenvalue weighted by atomic mass is 19.1. The lowest BCUT2D eigenvalue weighted by Crippen LogP contribution is -2.54. The Morgan fingerprint density at radius 3 is 2.72 bits per heavy atom. The molecule has 1 aliphatic heterocycles. The van der Waals surface area contributed by atoms with Crippen LogP contribution in [0.3, 0.4) is 0 Å². The van der Waals surface area contributed by atoms with Gasteiger partial charge in [0.15, 0.2) is 11.5 Å².